The van der Waals surface area contributed by atoms with Crippen molar-refractivity contribution in [2.24, 2.45) is 23.5 Å². The highest BCUT2D eigenvalue weighted by Gasteiger charge is 2.43. The van der Waals surface area contributed by atoms with Crippen LogP contribution in [-0.4, -0.2) is 12.5 Å². The molecule has 21 heavy (non-hydrogen) atoms. The zero-order valence-electron chi connectivity index (χ0n) is 12.5. The first kappa shape index (κ1) is 14.2. The molecule has 3 rings (SSSR count). The average molecular weight is 282 g/mol. The Labute approximate surface area is 126 Å². The van der Waals surface area contributed by atoms with Crippen LogP contribution >= 0.6 is 0 Å². The van der Waals surface area contributed by atoms with Gasteiger partial charge in [-0.1, -0.05) is 24.3 Å². The van der Waals surface area contributed by atoms with E-state index in [1.807, 2.05) is 25.1 Å². The van der Waals surface area contributed by atoms with Crippen LogP contribution in [0, 0.1) is 36.5 Å². The van der Waals surface area contributed by atoms with Crippen LogP contribution in [0.3, 0.4) is 0 Å². The van der Waals surface area contributed by atoms with Gasteiger partial charge in [-0.2, -0.15) is 0 Å². The van der Waals surface area contributed by atoms with E-state index in [4.69, 9.17) is 5.73 Å². The van der Waals surface area contributed by atoms with Crippen LogP contribution in [-0.2, 0) is 4.79 Å². The Bertz CT molecular complexity index is 611. The van der Waals surface area contributed by atoms with Crippen molar-refractivity contribution >= 4 is 11.6 Å². The van der Waals surface area contributed by atoms with Gasteiger partial charge in [0.25, 0.3) is 0 Å². The molecule has 3 atom stereocenters. The monoisotopic (exact) mass is 282 g/mol. The second-order valence-corrected chi connectivity index (χ2v) is 6.33. The lowest BCUT2D eigenvalue weighted by Gasteiger charge is -2.21. The van der Waals surface area contributed by atoms with E-state index >= 15 is 0 Å². The highest BCUT2D eigenvalue weighted by molar-refractivity contribution is 5.94. The number of anilines is 1. The molecule has 2 aliphatic carbocycles. The second-order valence-electron chi connectivity index (χ2n) is 6.33. The average Bonchev–Trinajstić information content (AvgIpc) is 3.10. The maximum absolute atomic E-state index is 12.5. The fraction of sp³-hybridized carbons (Fsp3) is 0.500. The van der Waals surface area contributed by atoms with Gasteiger partial charge in [0.15, 0.2) is 0 Å². The third-order valence-electron chi connectivity index (χ3n) is 4.83. The standard InChI is InChI=1S/C18H22N2O/c1-12-4-7-17(15(9-12)3-2-8-19)20-18(21)16-11-13-5-6-14(16)10-13/h4,7,9,13-14,16H,5-6,8,10-11,19H2,1H3,(H,20,21). The minimum absolute atomic E-state index is 0.168. The van der Waals surface area contributed by atoms with Crippen molar-refractivity contribution < 1.29 is 4.79 Å². The molecule has 3 nitrogen and oxygen atoms in total. The molecule has 0 aliphatic heterocycles. The normalized spacial score (nSPS) is 26.3. The van der Waals surface area contributed by atoms with Gasteiger partial charge in [-0.25, -0.2) is 0 Å². The molecule has 0 heterocycles. The van der Waals surface area contributed by atoms with E-state index in [0.29, 0.717) is 12.5 Å². The summed E-state index contributed by atoms with van der Waals surface area (Å²) in [7, 11) is 0. The van der Waals surface area contributed by atoms with E-state index < -0.39 is 0 Å². The van der Waals surface area contributed by atoms with Gasteiger partial charge in [0, 0.05) is 11.5 Å². The van der Waals surface area contributed by atoms with Gasteiger partial charge in [0.2, 0.25) is 5.91 Å². The molecular formula is C18H22N2O. The molecule has 0 aromatic heterocycles. The van der Waals surface area contributed by atoms with Gasteiger partial charge in [-0.3, -0.25) is 4.79 Å². The van der Waals surface area contributed by atoms with Crippen molar-refractivity contribution in [2.45, 2.75) is 32.6 Å². The molecule has 3 N–H and O–H groups in total. The van der Waals surface area contributed by atoms with Crippen LogP contribution in [0.4, 0.5) is 5.69 Å². The van der Waals surface area contributed by atoms with Crippen molar-refractivity contribution in [3.05, 3.63) is 29.3 Å². The molecule has 3 unspecified atom stereocenters. The number of carbonyl (C=O) groups is 1. The largest absolute Gasteiger partial charge is 0.325 e. The van der Waals surface area contributed by atoms with Crippen LogP contribution < -0.4 is 11.1 Å². The second kappa shape index (κ2) is 5.91. The highest BCUT2D eigenvalue weighted by Crippen LogP contribution is 2.48. The molecule has 2 saturated carbocycles. The summed E-state index contributed by atoms with van der Waals surface area (Å²) >= 11 is 0. The zero-order chi connectivity index (χ0) is 14.8. The molecule has 1 aromatic carbocycles. The molecule has 0 saturated heterocycles. The van der Waals surface area contributed by atoms with E-state index in [9.17, 15) is 4.79 Å². The summed E-state index contributed by atoms with van der Waals surface area (Å²) in [4.78, 5) is 12.5. The number of aryl methyl sites for hydroxylation is 1. The highest BCUT2D eigenvalue weighted by atomic mass is 16.1. The summed E-state index contributed by atoms with van der Waals surface area (Å²) < 4.78 is 0. The Balaban J connectivity index is 1.76. The van der Waals surface area contributed by atoms with Gasteiger partial charge < -0.3 is 11.1 Å². The van der Waals surface area contributed by atoms with Gasteiger partial charge in [0.05, 0.1) is 12.2 Å². The van der Waals surface area contributed by atoms with Crippen LogP contribution in [0.2, 0.25) is 0 Å². The molecule has 2 fully saturated rings. The van der Waals surface area contributed by atoms with Gasteiger partial charge in [0.1, 0.15) is 0 Å². The Kier molecular flexibility index (Phi) is 3.98. The number of nitrogens with one attached hydrogen (secondary N) is 1. The first-order valence-electron chi connectivity index (χ1n) is 7.78. The fourth-order valence-electron chi connectivity index (χ4n) is 3.81. The molecule has 1 aromatic rings. The lowest BCUT2D eigenvalue weighted by atomic mass is 9.88. The van der Waals surface area contributed by atoms with E-state index in [2.05, 4.69) is 17.2 Å². The Morgan fingerprint density at radius 2 is 2.24 bits per heavy atom. The number of rotatable bonds is 2. The molecule has 1 amide bonds. The van der Waals surface area contributed by atoms with Crippen molar-refractivity contribution in [2.75, 3.05) is 11.9 Å². The Morgan fingerprint density at radius 3 is 2.90 bits per heavy atom. The Hall–Kier alpha value is -1.79. The molecule has 2 bridgehead atoms. The molecule has 3 heteroatoms. The van der Waals surface area contributed by atoms with Crippen molar-refractivity contribution in [1.82, 2.24) is 0 Å². The lowest BCUT2D eigenvalue weighted by molar-refractivity contribution is -0.121. The lowest BCUT2D eigenvalue weighted by Crippen LogP contribution is -2.27. The van der Waals surface area contributed by atoms with Crippen LogP contribution in [0.1, 0.15) is 36.8 Å². The van der Waals surface area contributed by atoms with Gasteiger partial charge in [-0.15, -0.1) is 0 Å². The maximum Gasteiger partial charge on any atom is 0.227 e. The summed E-state index contributed by atoms with van der Waals surface area (Å²) in [5.74, 6) is 7.66. The third-order valence-corrected chi connectivity index (χ3v) is 4.83. The third kappa shape index (κ3) is 2.96. The van der Waals surface area contributed by atoms with E-state index in [0.717, 1.165) is 29.2 Å². The zero-order valence-corrected chi connectivity index (χ0v) is 12.5. The van der Waals surface area contributed by atoms with Crippen LogP contribution in [0.5, 0.6) is 0 Å². The van der Waals surface area contributed by atoms with E-state index in [1.165, 1.54) is 19.3 Å². The number of hydrogen-bond donors (Lipinski definition) is 2. The van der Waals surface area contributed by atoms with Crippen molar-refractivity contribution in [3.8, 4) is 11.8 Å². The first-order chi connectivity index (χ1) is 10.2. The smallest absolute Gasteiger partial charge is 0.227 e. The predicted molar refractivity (Wildman–Crippen MR) is 84.7 cm³/mol. The fourth-order valence-corrected chi connectivity index (χ4v) is 3.81. The topological polar surface area (TPSA) is 55.1 Å². The number of fused-ring (bicyclic) bond motifs is 2. The SMILES string of the molecule is Cc1ccc(NC(=O)C2CC3CCC2C3)c(C#CCN)c1. The minimum Gasteiger partial charge on any atom is -0.325 e. The van der Waals surface area contributed by atoms with Gasteiger partial charge in [-0.05, 0) is 55.7 Å². The van der Waals surface area contributed by atoms with Crippen LogP contribution in [0.25, 0.3) is 0 Å². The molecule has 0 spiro atoms. The summed E-state index contributed by atoms with van der Waals surface area (Å²) in [5, 5.41) is 3.09. The number of nitrogens with two attached hydrogens (primary N) is 1. The minimum atomic E-state index is 0.168. The summed E-state index contributed by atoms with van der Waals surface area (Å²) in [6, 6.07) is 5.95. The molecule has 0 radical (unpaired) electrons. The summed E-state index contributed by atoms with van der Waals surface area (Å²) in [6.07, 6.45) is 4.83. The number of carbonyl (C=O) groups excluding carboxylic acids is 1. The van der Waals surface area contributed by atoms with E-state index in [1.54, 1.807) is 0 Å². The number of benzene rings is 1. The molecule has 2 aliphatic rings. The number of amides is 1. The summed E-state index contributed by atoms with van der Waals surface area (Å²) in [6.45, 7) is 2.35. The first-order valence-corrected chi connectivity index (χ1v) is 7.78. The number of hydrogen-bond acceptors (Lipinski definition) is 2. The van der Waals surface area contributed by atoms with Crippen molar-refractivity contribution in [1.29, 1.82) is 0 Å². The predicted octanol–water partition coefficient (Wildman–Crippen LogP) is 2.68. The van der Waals surface area contributed by atoms with E-state index in [-0.39, 0.29) is 11.8 Å². The quantitative estimate of drug-likeness (QED) is 0.819. The molecule has 110 valence electrons. The maximum atomic E-state index is 12.5. The van der Waals surface area contributed by atoms with Crippen LogP contribution in [0.15, 0.2) is 18.2 Å². The van der Waals surface area contributed by atoms with Crippen molar-refractivity contribution in [3.63, 3.8) is 0 Å². The van der Waals surface area contributed by atoms with Gasteiger partial charge >= 0.3 is 0 Å². The molecular weight excluding hydrogens is 260 g/mol. The Morgan fingerprint density at radius 1 is 1.38 bits per heavy atom. The summed E-state index contributed by atoms with van der Waals surface area (Å²) in [5.41, 5.74) is 8.25.